The van der Waals surface area contributed by atoms with Gasteiger partial charge in [-0.2, -0.15) is 0 Å². The molecule has 0 unspecified atom stereocenters. The number of amides is 1. The van der Waals surface area contributed by atoms with Gasteiger partial charge in [-0.25, -0.2) is 0 Å². The first-order valence-corrected chi connectivity index (χ1v) is 7.81. The van der Waals surface area contributed by atoms with Crippen molar-refractivity contribution in [3.8, 4) is 11.5 Å². The highest BCUT2D eigenvalue weighted by molar-refractivity contribution is 5.92. The van der Waals surface area contributed by atoms with Crippen LogP contribution in [0, 0.1) is 13.8 Å². The average Bonchev–Trinajstić information content (AvgIpc) is 2.57. The van der Waals surface area contributed by atoms with Gasteiger partial charge in [0, 0.05) is 18.9 Å². The molecular weight excluding hydrogens is 306 g/mol. The Kier molecular flexibility index (Phi) is 6.63. The van der Waals surface area contributed by atoms with Crippen LogP contribution in [0.5, 0.6) is 11.5 Å². The molecule has 0 saturated heterocycles. The third kappa shape index (κ3) is 5.28. The monoisotopic (exact) mass is 329 g/mol. The zero-order valence-corrected chi connectivity index (χ0v) is 14.3. The van der Waals surface area contributed by atoms with Crippen molar-refractivity contribution in [1.82, 2.24) is 0 Å². The smallest absolute Gasteiger partial charge is 0.262 e. The maximum absolute atomic E-state index is 12.1. The summed E-state index contributed by atoms with van der Waals surface area (Å²) in [5.74, 6) is 1.19. The number of anilines is 1. The fourth-order valence-corrected chi connectivity index (χ4v) is 2.13. The number of methoxy groups -OCH3 is 1. The SMILES string of the molecule is COCCOc1cccc(NC(=O)COc2cccc(C)c2C)c1. The Labute approximate surface area is 142 Å². The molecule has 2 aromatic rings. The van der Waals surface area contributed by atoms with Crippen LogP contribution in [0.1, 0.15) is 11.1 Å². The molecule has 0 fully saturated rings. The maximum atomic E-state index is 12.1. The van der Waals surface area contributed by atoms with Gasteiger partial charge in [-0.05, 0) is 43.2 Å². The quantitative estimate of drug-likeness (QED) is 0.755. The Hall–Kier alpha value is -2.53. The molecular formula is C19H23NO4. The van der Waals surface area contributed by atoms with E-state index in [0.717, 1.165) is 16.9 Å². The Morgan fingerprint density at radius 3 is 2.62 bits per heavy atom. The number of hydrogen-bond donors (Lipinski definition) is 1. The Morgan fingerprint density at radius 2 is 1.83 bits per heavy atom. The lowest BCUT2D eigenvalue weighted by atomic mass is 10.1. The van der Waals surface area contributed by atoms with Gasteiger partial charge in [0.25, 0.3) is 5.91 Å². The molecule has 1 amide bonds. The van der Waals surface area contributed by atoms with E-state index in [0.29, 0.717) is 24.7 Å². The maximum Gasteiger partial charge on any atom is 0.262 e. The van der Waals surface area contributed by atoms with E-state index < -0.39 is 0 Å². The molecule has 0 aliphatic heterocycles. The van der Waals surface area contributed by atoms with Gasteiger partial charge in [-0.15, -0.1) is 0 Å². The normalized spacial score (nSPS) is 10.3. The summed E-state index contributed by atoms with van der Waals surface area (Å²) in [6.07, 6.45) is 0. The highest BCUT2D eigenvalue weighted by Gasteiger charge is 2.07. The largest absolute Gasteiger partial charge is 0.491 e. The number of carbonyl (C=O) groups excluding carboxylic acids is 1. The first kappa shape index (κ1) is 17.8. The van der Waals surface area contributed by atoms with Crippen LogP contribution in [0.15, 0.2) is 42.5 Å². The molecule has 5 heteroatoms. The van der Waals surface area contributed by atoms with E-state index in [1.54, 1.807) is 19.2 Å². The third-order valence-corrected chi connectivity index (χ3v) is 3.59. The molecule has 0 atom stereocenters. The fourth-order valence-electron chi connectivity index (χ4n) is 2.13. The molecule has 1 N–H and O–H groups in total. The van der Waals surface area contributed by atoms with Gasteiger partial charge in [0.15, 0.2) is 6.61 Å². The van der Waals surface area contributed by atoms with E-state index in [9.17, 15) is 4.79 Å². The number of rotatable bonds is 8. The summed E-state index contributed by atoms with van der Waals surface area (Å²) in [5, 5.41) is 2.80. The van der Waals surface area contributed by atoms with Crippen LogP contribution in [0.3, 0.4) is 0 Å². The van der Waals surface area contributed by atoms with Crippen LogP contribution in [0.2, 0.25) is 0 Å². The standard InChI is InChI=1S/C19H23NO4/c1-14-6-4-9-18(15(14)2)24-13-19(21)20-16-7-5-8-17(12-16)23-11-10-22-3/h4-9,12H,10-11,13H2,1-3H3,(H,20,21). The first-order chi connectivity index (χ1) is 11.6. The van der Waals surface area contributed by atoms with Crippen molar-refractivity contribution in [1.29, 1.82) is 0 Å². The average molecular weight is 329 g/mol. The fraction of sp³-hybridized carbons (Fsp3) is 0.316. The van der Waals surface area contributed by atoms with Crippen molar-refractivity contribution in [3.05, 3.63) is 53.6 Å². The van der Waals surface area contributed by atoms with Gasteiger partial charge in [-0.3, -0.25) is 4.79 Å². The van der Waals surface area contributed by atoms with E-state index in [2.05, 4.69) is 5.32 Å². The van der Waals surface area contributed by atoms with Gasteiger partial charge in [0.05, 0.1) is 6.61 Å². The van der Waals surface area contributed by atoms with Crippen molar-refractivity contribution in [3.63, 3.8) is 0 Å². The molecule has 0 bridgehead atoms. The highest BCUT2D eigenvalue weighted by Crippen LogP contribution is 2.21. The number of hydrogen-bond acceptors (Lipinski definition) is 4. The summed E-state index contributed by atoms with van der Waals surface area (Å²) in [6.45, 7) is 4.92. The number of benzene rings is 2. The molecule has 0 aliphatic carbocycles. The highest BCUT2D eigenvalue weighted by atomic mass is 16.5. The minimum absolute atomic E-state index is 0.0426. The minimum Gasteiger partial charge on any atom is -0.491 e. The van der Waals surface area contributed by atoms with E-state index in [4.69, 9.17) is 14.2 Å². The lowest BCUT2D eigenvalue weighted by Crippen LogP contribution is -2.20. The number of ether oxygens (including phenoxy) is 3. The molecule has 128 valence electrons. The molecule has 0 spiro atoms. The van der Waals surface area contributed by atoms with Crippen molar-refractivity contribution < 1.29 is 19.0 Å². The molecule has 5 nitrogen and oxygen atoms in total. The summed E-state index contributed by atoms with van der Waals surface area (Å²) in [7, 11) is 1.62. The van der Waals surface area contributed by atoms with Crippen molar-refractivity contribution >= 4 is 11.6 Å². The number of aryl methyl sites for hydroxylation is 1. The second-order valence-electron chi connectivity index (χ2n) is 5.40. The summed E-state index contributed by atoms with van der Waals surface area (Å²) in [5.41, 5.74) is 2.84. The zero-order valence-electron chi connectivity index (χ0n) is 14.3. The number of carbonyl (C=O) groups is 1. The van der Waals surface area contributed by atoms with Crippen LogP contribution >= 0.6 is 0 Å². The second-order valence-corrected chi connectivity index (χ2v) is 5.40. The van der Waals surface area contributed by atoms with Gasteiger partial charge in [0.1, 0.15) is 18.1 Å². The molecule has 0 heterocycles. The van der Waals surface area contributed by atoms with Crippen LogP contribution in [-0.2, 0) is 9.53 Å². The van der Waals surface area contributed by atoms with Crippen molar-refractivity contribution in [2.45, 2.75) is 13.8 Å². The summed E-state index contributed by atoms with van der Waals surface area (Å²) in [6, 6.07) is 13.0. The Morgan fingerprint density at radius 1 is 1.04 bits per heavy atom. The summed E-state index contributed by atoms with van der Waals surface area (Å²) < 4.78 is 16.1. The van der Waals surface area contributed by atoms with Gasteiger partial charge >= 0.3 is 0 Å². The van der Waals surface area contributed by atoms with Crippen LogP contribution in [0.4, 0.5) is 5.69 Å². The molecule has 24 heavy (non-hydrogen) atoms. The predicted molar refractivity (Wildman–Crippen MR) is 93.9 cm³/mol. The van der Waals surface area contributed by atoms with Gasteiger partial charge in [0.2, 0.25) is 0 Å². The van der Waals surface area contributed by atoms with Crippen LogP contribution < -0.4 is 14.8 Å². The number of nitrogens with one attached hydrogen (secondary N) is 1. The molecule has 0 aromatic heterocycles. The summed E-state index contributed by atoms with van der Waals surface area (Å²) >= 11 is 0. The lowest BCUT2D eigenvalue weighted by Gasteiger charge is -2.12. The molecule has 0 radical (unpaired) electrons. The van der Waals surface area contributed by atoms with Crippen LogP contribution in [-0.4, -0.2) is 32.8 Å². The third-order valence-electron chi connectivity index (χ3n) is 3.59. The molecule has 2 rings (SSSR count). The topological polar surface area (TPSA) is 56.8 Å². The first-order valence-electron chi connectivity index (χ1n) is 7.81. The zero-order chi connectivity index (χ0) is 17.4. The van der Waals surface area contributed by atoms with Crippen molar-refractivity contribution in [2.75, 3.05) is 32.2 Å². The van der Waals surface area contributed by atoms with E-state index in [1.165, 1.54) is 0 Å². The second kappa shape index (κ2) is 8.93. The van der Waals surface area contributed by atoms with Gasteiger partial charge in [-0.1, -0.05) is 18.2 Å². The minimum atomic E-state index is -0.218. The van der Waals surface area contributed by atoms with Gasteiger partial charge < -0.3 is 19.5 Å². The Bertz CT molecular complexity index is 685. The Balaban J connectivity index is 1.88. The summed E-state index contributed by atoms with van der Waals surface area (Å²) in [4.78, 5) is 12.1. The molecule has 0 saturated carbocycles. The lowest BCUT2D eigenvalue weighted by molar-refractivity contribution is -0.118. The van der Waals surface area contributed by atoms with E-state index in [1.807, 2.05) is 44.2 Å². The van der Waals surface area contributed by atoms with E-state index >= 15 is 0 Å². The molecule has 0 aliphatic rings. The predicted octanol–water partition coefficient (Wildman–Crippen LogP) is 3.35. The van der Waals surface area contributed by atoms with Crippen molar-refractivity contribution in [2.24, 2.45) is 0 Å². The van der Waals surface area contributed by atoms with Crippen LogP contribution in [0.25, 0.3) is 0 Å². The van der Waals surface area contributed by atoms with E-state index in [-0.39, 0.29) is 12.5 Å². The molecule has 2 aromatic carbocycles.